The molecule has 0 N–H and O–H groups in total. The molecule has 2 saturated heterocycles. The lowest BCUT2D eigenvalue weighted by atomic mass is 9.73. The lowest BCUT2D eigenvalue weighted by Crippen LogP contribution is -2.43. The Morgan fingerprint density at radius 1 is 1.27 bits per heavy atom. The molecular formula is C22H32N2O2. The first kappa shape index (κ1) is 18.0. The Morgan fingerprint density at radius 3 is 2.73 bits per heavy atom. The fraction of sp³-hybridized carbons (Fsp3) is 0.682. The second-order valence-corrected chi connectivity index (χ2v) is 8.79. The van der Waals surface area contributed by atoms with Gasteiger partial charge in [0.15, 0.2) is 0 Å². The van der Waals surface area contributed by atoms with Gasteiger partial charge in [-0.25, -0.2) is 0 Å². The molecule has 1 aromatic rings. The maximum atomic E-state index is 12.3. The Balaban J connectivity index is 1.46. The Hall–Kier alpha value is -1.39. The molecule has 2 heterocycles. The Kier molecular flexibility index (Phi) is 5.07. The van der Waals surface area contributed by atoms with Crippen LogP contribution in [-0.4, -0.2) is 62.7 Å². The van der Waals surface area contributed by atoms with Gasteiger partial charge in [0.2, 0.25) is 5.91 Å². The van der Waals surface area contributed by atoms with Crippen molar-refractivity contribution in [1.29, 1.82) is 0 Å². The molecule has 4 nitrogen and oxygen atoms in total. The van der Waals surface area contributed by atoms with Gasteiger partial charge in [0.25, 0.3) is 0 Å². The topological polar surface area (TPSA) is 32.8 Å². The van der Waals surface area contributed by atoms with Gasteiger partial charge in [0.1, 0.15) is 0 Å². The molecule has 2 aliphatic heterocycles. The third-order valence-electron chi connectivity index (χ3n) is 6.88. The summed E-state index contributed by atoms with van der Waals surface area (Å²) in [5, 5.41) is 0. The first-order valence-electron chi connectivity index (χ1n) is 10.2. The van der Waals surface area contributed by atoms with Gasteiger partial charge in [-0.2, -0.15) is 0 Å². The number of carbonyl (C=O) groups is 1. The molecule has 1 aliphatic carbocycles. The molecule has 2 fully saturated rings. The van der Waals surface area contributed by atoms with Crippen LogP contribution in [0.15, 0.2) is 24.3 Å². The van der Waals surface area contributed by atoms with E-state index < -0.39 is 0 Å². The van der Waals surface area contributed by atoms with E-state index in [0.717, 1.165) is 25.6 Å². The van der Waals surface area contributed by atoms with E-state index >= 15 is 0 Å². The van der Waals surface area contributed by atoms with Gasteiger partial charge in [-0.05, 0) is 67.2 Å². The van der Waals surface area contributed by atoms with Gasteiger partial charge < -0.3 is 14.5 Å². The monoisotopic (exact) mass is 356 g/mol. The van der Waals surface area contributed by atoms with Gasteiger partial charge in [0, 0.05) is 33.7 Å². The van der Waals surface area contributed by atoms with Crippen LogP contribution in [0.25, 0.3) is 0 Å². The van der Waals surface area contributed by atoms with E-state index in [1.54, 1.807) is 4.90 Å². The standard InChI is InChI=1S/C22H32N2O2/c1-23(2)21(25)13-18-14-22(20-6-4-3-5-19(18)20)8-10-24(11-9-22)15-17-7-12-26-16-17/h3-6,17-18H,7-16H2,1-2H3/t17-,18-/m0/s1. The molecule has 26 heavy (non-hydrogen) atoms. The summed E-state index contributed by atoms with van der Waals surface area (Å²) >= 11 is 0. The number of carbonyl (C=O) groups excluding carboxylic acids is 1. The summed E-state index contributed by atoms with van der Waals surface area (Å²) in [5.41, 5.74) is 3.25. The number of ether oxygens (including phenoxy) is 1. The van der Waals surface area contributed by atoms with Crippen molar-refractivity contribution in [3.05, 3.63) is 35.4 Å². The van der Waals surface area contributed by atoms with Crippen LogP contribution >= 0.6 is 0 Å². The molecule has 4 heteroatoms. The highest BCUT2D eigenvalue weighted by Crippen LogP contribution is 2.52. The second-order valence-electron chi connectivity index (χ2n) is 8.79. The fourth-order valence-electron chi connectivity index (χ4n) is 5.33. The highest BCUT2D eigenvalue weighted by Gasteiger charge is 2.45. The quantitative estimate of drug-likeness (QED) is 0.831. The molecule has 1 aromatic carbocycles. The molecule has 2 atom stereocenters. The van der Waals surface area contributed by atoms with Gasteiger partial charge >= 0.3 is 0 Å². The van der Waals surface area contributed by atoms with Crippen LogP contribution in [0.4, 0.5) is 0 Å². The van der Waals surface area contributed by atoms with E-state index in [4.69, 9.17) is 4.74 Å². The van der Waals surface area contributed by atoms with Crippen LogP contribution in [0.5, 0.6) is 0 Å². The maximum Gasteiger partial charge on any atom is 0.222 e. The Bertz CT molecular complexity index is 643. The van der Waals surface area contributed by atoms with Crippen molar-refractivity contribution >= 4 is 5.91 Å². The summed E-state index contributed by atoms with van der Waals surface area (Å²) in [6.07, 6.45) is 5.47. The van der Waals surface area contributed by atoms with E-state index in [2.05, 4.69) is 29.2 Å². The third kappa shape index (κ3) is 3.41. The first-order valence-corrected chi connectivity index (χ1v) is 10.2. The number of nitrogens with zero attached hydrogens (tertiary/aromatic N) is 2. The van der Waals surface area contributed by atoms with Crippen molar-refractivity contribution in [1.82, 2.24) is 9.80 Å². The molecule has 0 unspecified atom stereocenters. The van der Waals surface area contributed by atoms with Gasteiger partial charge in [-0.1, -0.05) is 24.3 Å². The fourth-order valence-corrected chi connectivity index (χ4v) is 5.33. The van der Waals surface area contributed by atoms with E-state index in [-0.39, 0.29) is 11.3 Å². The van der Waals surface area contributed by atoms with Crippen molar-refractivity contribution < 1.29 is 9.53 Å². The number of hydrogen-bond donors (Lipinski definition) is 0. The van der Waals surface area contributed by atoms with Crippen LogP contribution < -0.4 is 0 Å². The predicted molar refractivity (Wildman–Crippen MR) is 103 cm³/mol. The minimum atomic E-state index is 0.250. The molecule has 0 aromatic heterocycles. The number of piperidine rings is 1. The molecule has 1 spiro atoms. The van der Waals surface area contributed by atoms with Crippen LogP contribution in [0.2, 0.25) is 0 Å². The summed E-state index contributed by atoms with van der Waals surface area (Å²) in [6, 6.07) is 8.91. The Labute approximate surface area is 157 Å². The molecule has 3 aliphatic rings. The Morgan fingerprint density at radius 2 is 2.04 bits per heavy atom. The largest absolute Gasteiger partial charge is 0.381 e. The van der Waals surface area contributed by atoms with Crippen molar-refractivity contribution in [2.24, 2.45) is 5.92 Å². The zero-order valence-electron chi connectivity index (χ0n) is 16.2. The highest BCUT2D eigenvalue weighted by atomic mass is 16.5. The average Bonchev–Trinajstić information content (AvgIpc) is 3.25. The summed E-state index contributed by atoms with van der Waals surface area (Å²) in [6.45, 7) is 5.44. The molecule has 0 saturated carbocycles. The lowest BCUT2D eigenvalue weighted by molar-refractivity contribution is -0.129. The van der Waals surface area contributed by atoms with Crippen molar-refractivity contribution in [3.8, 4) is 0 Å². The normalized spacial score (nSPS) is 27.6. The zero-order valence-corrected chi connectivity index (χ0v) is 16.2. The average molecular weight is 357 g/mol. The second kappa shape index (κ2) is 7.32. The van der Waals surface area contributed by atoms with Crippen molar-refractivity contribution in [2.45, 2.75) is 43.4 Å². The number of amides is 1. The molecule has 0 bridgehead atoms. The number of rotatable bonds is 4. The van der Waals surface area contributed by atoms with Crippen molar-refractivity contribution in [3.63, 3.8) is 0 Å². The zero-order chi connectivity index (χ0) is 18.1. The number of fused-ring (bicyclic) bond motifs is 2. The first-order chi connectivity index (χ1) is 12.6. The number of benzene rings is 1. The van der Waals surface area contributed by atoms with Crippen LogP contribution in [0, 0.1) is 5.92 Å². The minimum absolute atomic E-state index is 0.250. The summed E-state index contributed by atoms with van der Waals surface area (Å²) < 4.78 is 5.55. The SMILES string of the molecule is CN(C)C(=O)C[C@H]1CC2(CCN(C[C@@H]3CCOC3)CC2)c2ccccc21. The summed E-state index contributed by atoms with van der Waals surface area (Å²) in [7, 11) is 3.73. The van der Waals surface area contributed by atoms with Gasteiger partial charge in [-0.15, -0.1) is 0 Å². The number of hydrogen-bond acceptors (Lipinski definition) is 3. The molecular weight excluding hydrogens is 324 g/mol. The smallest absolute Gasteiger partial charge is 0.222 e. The van der Waals surface area contributed by atoms with E-state index in [9.17, 15) is 4.79 Å². The number of likely N-dealkylation sites (tertiary alicyclic amines) is 1. The van der Waals surface area contributed by atoms with Crippen LogP contribution in [0.3, 0.4) is 0 Å². The van der Waals surface area contributed by atoms with E-state index in [1.807, 2.05) is 14.1 Å². The van der Waals surface area contributed by atoms with Crippen LogP contribution in [-0.2, 0) is 14.9 Å². The summed E-state index contributed by atoms with van der Waals surface area (Å²) in [4.78, 5) is 16.7. The van der Waals surface area contributed by atoms with Gasteiger partial charge in [-0.3, -0.25) is 4.79 Å². The lowest BCUT2D eigenvalue weighted by Gasteiger charge is -2.41. The van der Waals surface area contributed by atoms with E-state index in [1.165, 1.54) is 50.0 Å². The van der Waals surface area contributed by atoms with E-state index in [0.29, 0.717) is 12.3 Å². The van der Waals surface area contributed by atoms with Gasteiger partial charge in [0.05, 0.1) is 6.61 Å². The highest BCUT2D eigenvalue weighted by molar-refractivity contribution is 5.77. The molecule has 4 rings (SSSR count). The third-order valence-corrected chi connectivity index (χ3v) is 6.88. The minimum Gasteiger partial charge on any atom is -0.381 e. The summed E-state index contributed by atoms with van der Waals surface area (Å²) in [5.74, 6) is 1.36. The molecule has 0 radical (unpaired) electrons. The molecule has 1 amide bonds. The molecule has 142 valence electrons. The predicted octanol–water partition coefficient (Wildman–Crippen LogP) is 3.02. The van der Waals surface area contributed by atoms with Crippen molar-refractivity contribution in [2.75, 3.05) is 46.9 Å². The van der Waals surface area contributed by atoms with Crippen LogP contribution in [0.1, 0.15) is 49.1 Å². The maximum absolute atomic E-state index is 12.3.